The number of aryl methyl sites for hydroxylation is 1. The van der Waals surface area contributed by atoms with E-state index >= 15 is 0 Å². The Labute approximate surface area is 114 Å². The smallest absolute Gasteiger partial charge is 0.119 e. The number of nitrogens with one attached hydrogen (secondary N) is 1. The van der Waals surface area contributed by atoms with E-state index in [9.17, 15) is 0 Å². The second-order valence-electron chi connectivity index (χ2n) is 4.58. The molecule has 3 nitrogen and oxygen atoms in total. The van der Waals surface area contributed by atoms with Crippen LogP contribution in [0.4, 0.5) is 5.69 Å². The number of hydrogen-bond donors (Lipinski definition) is 2. The van der Waals surface area contributed by atoms with Crippen molar-refractivity contribution < 1.29 is 4.74 Å². The van der Waals surface area contributed by atoms with Gasteiger partial charge in [0.1, 0.15) is 5.75 Å². The van der Waals surface area contributed by atoms with Crippen molar-refractivity contribution in [2.75, 3.05) is 19.0 Å². The van der Waals surface area contributed by atoms with Gasteiger partial charge in [-0.2, -0.15) is 0 Å². The molecule has 0 heterocycles. The van der Waals surface area contributed by atoms with Crippen LogP contribution in [0.25, 0.3) is 0 Å². The van der Waals surface area contributed by atoms with Crippen LogP contribution >= 0.6 is 0 Å². The summed E-state index contributed by atoms with van der Waals surface area (Å²) in [5.74, 6) is 0.852. The van der Waals surface area contributed by atoms with Crippen molar-refractivity contribution in [2.45, 2.75) is 13.0 Å². The fourth-order valence-corrected chi connectivity index (χ4v) is 2.05. The molecule has 1 atom stereocenters. The first-order valence-electron chi connectivity index (χ1n) is 6.40. The van der Waals surface area contributed by atoms with Crippen LogP contribution in [-0.2, 0) is 0 Å². The van der Waals surface area contributed by atoms with Crippen molar-refractivity contribution in [3.8, 4) is 5.75 Å². The molecule has 2 aromatic rings. The summed E-state index contributed by atoms with van der Waals surface area (Å²) in [5, 5.41) is 3.44. The lowest BCUT2D eigenvalue weighted by Crippen LogP contribution is -2.20. The molecule has 0 aliphatic rings. The summed E-state index contributed by atoms with van der Waals surface area (Å²) in [5.41, 5.74) is 9.36. The van der Waals surface area contributed by atoms with E-state index in [0.717, 1.165) is 11.4 Å². The van der Waals surface area contributed by atoms with E-state index in [4.69, 9.17) is 10.5 Å². The molecule has 1 unspecified atom stereocenters. The average molecular weight is 256 g/mol. The summed E-state index contributed by atoms with van der Waals surface area (Å²) in [6.07, 6.45) is 0. The normalized spacial score (nSPS) is 11.9. The lowest BCUT2D eigenvalue weighted by atomic mass is 10.0. The van der Waals surface area contributed by atoms with Crippen molar-refractivity contribution >= 4 is 5.69 Å². The Hall–Kier alpha value is -2.00. The van der Waals surface area contributed by atoms with Crippen LogP contribution < -0.4 is 15.8 Å². The number of anilines is 1. The van der Waals surface area contributed by atoms with Gasteiger partial charge in [0, 0.05) is 12.2 Å². The monoisotopic (exact) mass is 256 g/mol. The average Bonchev–Trinajstić information content (AvgIpc) is 2.45. The zero-order valence-corrected chi connectivity index (χ0v) is 11.4. The molecule has 3 heteroatoms. The summed E-state index contributed by atoms with van der Waals surface area (Å²) < 4.78 is 5.15. The van der Waals surface area contributed by atoms with Crippen LogP contribution in [0.15, 0.2) is 48.5 Å². The van der Waals surface area contributed by atoms with Gasteiger partial charge in [0.15, 0.2) is 0 Å². The molecule has 0 aliphatic carbocycles. The number of hydrogen-bond acceptors (Lipinski definition) is 3. The molecule has 0 saturated carbocycles. The highest BCUT2D eigenvalue weighted by atomic mass is 16.5. The lowest BCUT2D eigenvalue weighted by Gasteiger charge is -2.19. The molecule has 0 saturated heterocycles. The predicted molar refractivity (Wildman–Crippen MR) is 79.6 cm³/mol. The van der Waals surface area contributed by atoms with Crippen molar-refractivity contribution in [3.63, 3.8) is 0 Å². The summed E-state index contributed by atoms with van der Waals surface area (Å²) >= 11 is 0. The van der Waals surface area contributed by atoms with E-state index < -0.39 is 0 Å². The van der Waals surface area contributed by atoms with Crippen molar-refractivity contribution in [1.82, 2.24) is 0 Å². The van der Waals surface area contributed by atoms with Crippen LogP contribution in [-0.4, -0.2) is 13.7 Å². The van der Waals surface area contributed by atoms with Gasteiger partial charge in [0.25, 0.3) is 0 Å². The minimum absolute atomic E-state index is 0.119. The molecule has 2 rings (SSSR count). The standard InChI is InChI=1S/C16H20N2O/c1-12-4-3-5-13(10-12)16(11-17)18-14-6-8-15(19-2)9-7-14/h3-10,16,18H,11,17H2,1-2H3. The lowest BCUT2D eigenvalue weighted by molar-refractivity contribution is 0.415. The van der Waals surface area contributed by atoms with Gasteiger partial charge in [-0.15, -0.1) is 0 Å². The van der Waals surface area contributed by atoms with E-state index in [-0.39, 0.29) is 6.04 Å². The number of methoxy groups -OCH3 is 1. The summed E-state index contributed by atoms with van der Waals surface area (Å²) in [7, 11) is 1.66. The molecular formula is C16H20N2O. The summed E-state index contributed by atoms with van der Waals surface area (Å²) in [4.78, 5) is 0. The highest BCUT2D eigenvalue weighted by Crippen LogP contribution is 2.21. The molecule has 0 fully saturated rings. The van der Waals surface area contributed by atoms with E-state index in [0.29, 0.717) is 6.54 Å². The second kappa shape index (κ2) is 6.25. The highest BCUT2D eigenvalue weighted by Gasteiger charge is 2.09. The molecule has 0 radical (unpaired) electrons. The molecule has 3 N–H and O–H groups in total. The molecule has 0 aliphatic heterocycles. The zero-order chi connectivity index (χ0) is 13.7. The Kier molecular flexibility index (Phi) is 4.42. The number of nitrogens with two attached hydrogens (primary N) is 1. The Morgan fingerprint density at radius 2 is 1.89 bits per heavy atom. The van der Waals surface area contributed by atoms with Gasteiger partial charge < -0.3 is 15.8 Å². The number of rotatable bonds is 5. The highest BCUT2D eigenvalue weighted by molar-refractivity contribution is 5.48. The Morgan fingerprint density at radius 1 is 1.16 bits per heavy atom. The number of benzene rings is 2. The van der Waals surface area contributed by atoms with Gasteiger partial charge >= 0.3 is 0 Å². The van der Waals surface area contributed by atoms with Gasteiger partial charge in [0.2, 0.25) is 0 Å². The maximum absolute atomic E-state index is 5.87. The Balaban J connectivity index is 2.14. The molecule has 0 amide bonds. The van der Waals surface area contributed by atoms with Crippen LogP contribution in [0.1, 0.15) is 17.2 Å². The van der Waals surface area contributed by atoms with E-state index in [1.807, 2.05) is 24.3 Å². The van der Waals surface area contributed by atoms with E-state index in [1.165, 1.54) is 11.1 Å². The van der Waals surface area contributed by atoms with Gasteiger partial charge in [-0.05, 0) is 36.8 Å². The van der Waals surface area contributed by atoms with E-state index in [2.05, 4.69) is 36.5 Å². The van der Waals surface area contributed by atoms with Gasteiger partial charge in [-0.3, -0.25) is 0 Å². The van der Waals surface area contributed by atoms with Crippen molar-refractivity contribution in [3.05, 3.63) is 59.7 Å². The zero-order valence-electron chi connectivity index (χ0n) is 11.4. The minimum atomic E-state index is 0.119. The largest absolute Gasteiger partial charge is 0.497 e. The fourth-order valence-electron chi connectivity index (χ4n) is 2.05. The first-order chi connectivity index (χ1) is 9.22. The minimum Gasteiger partial charge on any atom is -0.497 e. The maximum atomic E-state index is 5.87. The predicted octanol–water partition coefficient (Wildman–Crippen LogP) is 3.12. The SMILES string of the molecule is COc1ccc(NC(CN)c2cccc(C)c2)cc1. The van der Waals surface area contributed by atoms with Crippen LogP contribution in [0.5, 0.6) is 5.75 Å². The first kappa shape index (κ1) is 13.4. The third-order valence-electron chi connectivity index (χ3n) is 3.11. The van der Waals surface area contributed by atoms with Crippen LogP contribution in [0.3, 0.4) is 0 Å². The van der Waals surface area contributed by atoms with Crippen molar-refractivity contribution in [1.29, 1.82) is 0 Å². The van der Waals surface area contributed by atoms with E-state index in [1.54, 1.807) is 7.11 Å². The topological polar surface area (TPSA) is 47.3 Å². The third kappa shape index (κ3) is 3.48. The molecule has 0 spiro atoms. The summed E-state index contributed by atoms with van der Waals surface area (Å²) in [6.45, 7) is 2.64. The fraction of sp³-hybridized carbons (Fsp3) is 0.250. The quantitative estimate of drug-likeness (QED) is 0.864. The van der Waals surface area contributed by atoms with Crippen LogP contribution in [0.2, 0.25) is 0 Å². The number of ether oxygens (including phenoxy) is 1. The van der Waals surface area contributed by atoms with Gasteiger partial charge in [0.05, 0.1) is 13.2 Å². The third-order valence-corrected chi connectivity index (χ3v) is 3.11. The van der Waals surface area contributed by atoms with Crippen molar-refractivity contribution in [2.24, 2.45) is 5.73 Å². The maximum Gasteiger partial charge on any atom is 0.119 e. The molecular weight excluding hydrogens is 236 g/mol. The molecule has 0 aromatic heterocycles. The van der Waals surface area contributed by atoms with Gasteiger partial charge in [-0.1, -0.05) is 29.8 Å². The summed E-state index contributed by atoms with van der Waals surface area (Å²) in [6, 6.07) is 16.4. The molecule has 2 aromatic carbocycles. The Morgan fingerprint density at radius 3 is 2.47 bits per heavy atom. The Bertz CT molecular complexity index is 523. The molecule has 19 heavy (non-hydrogen) atoms. The second-order valence-corrected chi connectivity index (χ2v) is 4.58. The van der Waals surface area contributed by atoms with Crippen LogP contribution in [0, 0.1) is 6.92 Å². The molecule has 0 bridgehead atoms. The molecule has 100 valence electrons. The van der Waals surface area contributed by atoms with Gasteiger partial charge in [-0.25, -0.2) is 0 Å². The first-order valence-corrected chi connectivity index (χ1v) is 6.40.